The Bertz CT molecular complexity index is 1340. The number of benzene rings is 3. The van der Waals surface area contributed by atoms with Gasteiger partial charge < -0.3 is 9.84 Å². The quantitative estimate of drug-likeness (QED) is 0.434. The molecule has 1 N–H and O–H groups in total. The predicted octanol–water partition coefficient (Wildman–Crippen LogP) is 6.03. The molecule has 3 aromatic rings. The first-order valence-electron chi connectivity index (χ1n) is 11.9. The number of hydrazone groups is 1. The van der Waals surface area contributed by atoms with Gasteiger partial charge in [-0.15, -0.1) is 0 Å². The van der Waals surface area contributed by atoms with Crippen molar-refractivity contribution in [3.63, 3.8) is 0 Å². The molecule has 0 bridgehead atoms. The van der Waals surface area contributed by atoms with E-state index in [0.29, 0.717) is 0 Å². The topological polar surface area (TPSA) is 79.2 Å². The van der Waals surface area contributed by atoms with E-state index < -0.39 is 18.5 Å². The molecule has 1 fully saturated rings. The van der Waals surface area contributed by atoms with E-state index in [0.717, 1.165) is 41.7 Å². The average Bonchev–Trinajstić information content (AvgIpc) is 3.30. The molecule has 182 valence electrons. The summed E-state index contributed by atoms with van der Waals surface area (Å²) in [5, 5.41) is 16.5. The molecule has 0 aromatic heterocycles. The zero-order valence-electron chi connectivity index (χ0n) is 19.5. The lowest BCUT2D eigenvalue weighted by atomic mass is 9.77. The van der Waals surface area contributed by atoms with Crippen molar-refractivity contribution < 1.29 is 19.4 Å². The average molecular weight is 501 g/mol. The van der Waals surface area contributed by atoms with Crippen molar-refractivity contribution in [3.05, 3.63) is 106 Å². The lowest BCUT2D eigenvalue weighted by Gasteiger charge is -2.29. The van der Waals surface area contributed by atoms with Gasteiger partial charge in [0.15, 0.2) is 6.61 Å². The summed E-state index contributed by atoms with van der Waals surface area (Å²) in [6, 6.07) is 23.7. The zero-order chi connectivity index (χ0) is 25.1. The fourth-order valence-corrected chi connectivity index (χ4v) is 5.06. The summed E-state index contributed by atoms with van der Waals surface area (Å²) in [4.78, 5) is 25.9. The molecular formula is C29H25ClN2O4. The van der Waals surface area contributed by atoms with Crippen LogP contribution in [0.3, 0.4) is 0 Å². The molecule has 36 heavy (non-hydrogen) atoms. The van der Waals surface area contributed by atoms with Crippen molar-refractivity contribution in [2.24, 2.45) is 11.0 Å². The number of carbonyl (C=O) groups excluding carboxylic acids is 2. The molecule has 7 heteroatoms. The number of halogens is 1. The fourth-order valence-electron chi connectivity index (χ4n) is 4.88. The maximum absolute atomic E-state index is 13.4. The van der Waals surface area contributed by atoms with Gasteiger partial charge in [0.05, 0.1) is 11.8 Å². The molecule has 2 aliphatic rings. The smallest absolute Gasteiger partial charge is 0.342 e. The van der Waals surface area contributed by atoms with Gasteiger partial charge in [0, 0.05) is 10.9 Å². The molecule has 6 nitrogen and oxygen atoms in total. The number of aromatic hydroxyl groups is 1. The second kappa shape index (κ2) is 10.4. The SMILES string of the molecule is O=C(OCC(=O)N1N=C2C(=Cc3ccccc3)CCCC2C1c1ccccc1)c1cc(Cl)ccc1O. The highest BCUT2D eigenvalue weighted by molar-refractivity contribution is 6.31. The van der Waals surface area contributed by atoms with Gasteiger partial charge in [-0.25, -0.2) is 9.80 Å². The van der Waals surface area contributed by atoms with Crippen LogP contribution in [-0.2, 0) is 9.53 Å². The van der Waals surface area contributed by atoms with Crippen LogP contribution in [0.15, 0.2) is 89.5 Å². The normalized spacial score (nSPS) is 20.1. The largest absolute Gasteiger partial charge is 0.507 e. The Morgan fingerprint density at radius 3 is 2.53 bits per heavy atom. The van der Waals surface area contributed by atoms with E-state index in [1.807, 2.05) is 48.5 Å². The third-order valence-electron chi connectivity index (χ3n) is 6.54. The van der Waals surface area contributed by atoms with Crippen molar-refractivity contribution in [3.8, 4) is 5.75 Å². The van der Waals surface area contributed by atoms with E-state index >= 15 is 0 Å². The van der Waals surface area contributed by atoms with Gasteiger partial charge in [-0.3, -0.25) is 4.79 Å². The molecule has 3 aromatic carbocycles. The summed E-state index contributed by atoms with van der Waals surface area (Å²) >= 11 is 5.94. The van der Waals surface area contributed by atoms with Gasteiger partial charge in [0.2, 0.25) is 0 Å². The molecule has 2 unspecified atom stereocenters. The number of allylic oxidation sites excluding steroid dienone is 1. The van der Waals surface area contributed by atoms with Gasteiger partial charge in [0.1, 0.15) is 11.3 Å². The number of esters is 1. The van der Waals surface area contributed by atoms with Gasteiger partial charge >= 0.3 is 5.97 Å². The number of amides is 1. The molecule has 1 aliphatic carbocycles. The van der Waals surface area contributed by atoms with Crippen molar-refractivity contribution in [2.45, 2.75) is 25.3 Å². The summed E-state index contributed by atoms with van der Waals surface area (Å²) in [7, 11) is 0. The second-order valence-electron chi connectivity index (χ2n) is 8.90. The zero-order valence-corrected chi connectivity index (χ0v) is 20.3. The molecule has 0 radical (unpaired) electrons. The van der Waals surface area contributed by atoms with E-state index in [-0.39, 0.29) is 28.3 Å². The predicted molar refractivity (Wildman–Crippen MR) is 139 cm³/mol. The Balaban J connectivity index is 1.42. The van der Waals surface area contributed by atoms with Crippen molar-refractivity contribution in [2.75, 3.05) is 6.61 Å². The molecule has 1 amide bonds. The molecular weight excluding hydrogens is 476 g/mol. The number of fused-ring (bicyclic) bond motifs is 1. The first kappa shape index (κ1) is 23.8. The third-order valence-corrected chi connectivity index (χ3v) is 6.78. The first-order valence-corrected chi connectivity index (χ1v) is 12.3. The van der Waals surface area contributed by atoms with E-state index in [2.05, 4.69) is 18.2 Å². The highest BCUT2D eigenvalue weighted by atomic mass is 35.5. The number of carbonyl (C=O) groups is 2. The number of ether oxygens (including phenoxy) is 1. The number of rotatable bonds is 5. The summed E-state index contributed by atoms with van der Waals surface area (Å²) in [6.07, 6.45) is 4.93. The minimum atomic E-state index is -0.825. The fraction of sp³-hybridized carbons (Fsp3) is 0.207. The first-order chi connectivity index (χ1) is 17.5. The third kappa shape index (κ3) is 4.90. The number of hydrogen-bond donors (Lipinski definition) is 1. The second-order valence-corrected chi connectivity index (χ2v) is 9.33. The minimum Gasteiger partial charge on any atom is -0.507 e. The van der Waals surface area contributed by atoms with Crippen LogP contribution in [0.2, 0.25) is 5.02 Å². The summed E-state index contributed by atoms with van der Waals surface area (Å²) < 4.78 is 5.27. The number of phenols is 1. The molecule has 1 saturated carbocycles. The Labute approximate surface area is 214 Å². The van der Waals surface area contributed by atoms with Crippen LogP contribution in [-0.4, -0.2) is 34.3 Å². The van der Waals surface area contributed by atoms with Gasteiger partial charge in [-0.1, -0.05) is 72.3 Å². The van der Waals surface area contributed by atoms with Crippen LogP contribution in [0.25, 0.3) is 6.08 Å². The van der Waals surface area contributed by atoms with E-state index in [1.165, 1.54) is 23.2 Å². The van der Waals surface area contributed by atoms with E-state index in [1.54, 1.807) is 0 Å². The molecule has 1 aliphatic heterocycles. The molecule has 0 spiro atoms. The van der Waals surface area contributed by atoms with Gasteiger partial charge in [0.25, 0.3) is 5.91 Å². The minimum absolute atomic E-state index is 0.0488. The van der Waals surface area contributed by atoms with Crippen LogP contribution in [0.5, 0.6) is 5.75 Å². The van der Waals surface area contributed by atoms with E-state index in [4.69, 9.17) is 21.4 Å². The Kier molecular flexibility index (Phi) is 6.87. The van der Waals surface area contributed by atoms with Gasteiger partial charge in [-0.2, -0.15) is 5.10 Å². The lowest BCUT2D eigenvalue weighted by Crippen LogP contribution is -2.34. The Morgan fingerprint density at radius 2 is 1.78 bits per heavy atom. The number of phenolic OH excluding ortho intramolecular Hbond substituents is 1. The van der Waals surface area contributed by atoms with Crippen LogP contribution < -0.4 is 0 Å². The maximum Gasteiger partial charge on any atom is 0.342 e. The molecule has 5 rings (SSSR count). The van der Waals surface area contributed by atoms with Crippen molar-refractivity contribution >= 4 is 35.3 Å². The molecule has 0 saturated heterocycles. The van der Waals surface area contributed by atoms with Gasteiger partial charge in [-0.05, 0) is 60.2 Å². The number of nitrogens with zero attached hydrogens (tertiary/aromatic N) is 2. The van der Waals surface area contributed by atoms with Crippen molar-refractivity contribution in [1.82, 2.24) is 5.01 Å². The Morgan fingerprint density at radius 1 is 1.06 bits per heavy atom. The highest BCUT2D eigenvalue weighted by Gasteiger charge is 2.43. The van der Waals surface area contributed by atoms with Crippen LogP contribution in [0, 0.1) is 5.92 Å². The van der Waals surface area contributed by atoms with Crippen molar-refractivity contribution in [1.29, 1.82) is 0 Å². The Hall–Kier alpha value is -3.90. The van der Waals surface area contributed by atoms with E-state index in [9.17, 15) is 14.7 Å². The summed E-state index contributed by atoms with van der Waals surface area (Å²) in [5.74, 6) is -1.47. The highest BCUT2D eigenvalue weighted by Crippen LogP contribution is 2.44. The van der Waals surface area contributed by atoms with Crippen LogP contribution >= 0.6 is 11.6 Å². The monoisotopic (exact) mass is 500 g/mol. The molecule has 2 atom stereocenters. The summed E-state index contributed by atoms with van der Waals surface area (Å²) in [5.41, 5.74) is 4.01. The summed E-state index contributed by atoms with van der Waals surface area (Å²) in [6.45, 7) is -0.505. The van der Waals surface area contributed by atoms with Crippen LogP contribution in [0.1, 0.15) is 46.8 Å². The standard InChI is InChI=1S/C29H25ClN2O4/c30-22-14-15-25(33)24(17-22)29(35)36-18-26(34)32-28(20-10-5-2-6-11-20)23-13-7-12-21(27(23)31-32)16-19-8-3-1-4-9-19/h1-6,8-11,14-17,23,28,33H,7,12-13,18H2. The molecule has 1 heterocycles. The lowest BCUT2D eigenvalue weighted by molar-refractivity contribution is -0.137. The number of hydrogen-bond acceptors (Lipinski definition) is 5. The van der Waals surface area contributed by atoms with Crippen LogP contribution in [0.4, 0.5) is 0 Å². The maximum atomic E-state index is 13.4.